The fourth-order valence-electron chi connectivity index (χ4n) is 2.11. The highest BCUT2D eigenvalue weighted by atomic mass is 32.2. The number of thioether (sulfide) groups is 1. The second-order valence-corrected chi connectivity index (χ2v) is 6.30. The van der Waals surface area contributed by atoms with Crippen LogP contribution in [0.1, 0.15) is 6.92 Å². The molecule has 1 aromatic rings. The van der Waals surface area contributed by atoms with E-state index in [1.807, 2.05) is 30.3 Å². The third-order valence-corrected chi connectivity index (χ3v) is 4.32. The number of benzene rings is 1. The first kappa shape index (κ1) is 14.0. The molecule has 1 fully saturated rings. The molecule has 0 aliphatic carbocycles. The number of nitrogens with one attached hydrogen (secondary N) is 1. The van der Waals surface area contributed by atoms with Crippen molar-refractivity contribution < 1.29 is 9.59 Å². The standard InChI is InChI=1S/C14H11N3O2S2/c1-8-10(7-11-12(18)15-14(20)21-11)13(19)17(16-8)9-5-3-2-4-6-9/h2-7,10H,1H3,(H,15,18,20)/b11-7-/t10-/m0/s1. The average molecular weight is 317 g/mol. The van der Waals surface area contributed by atoms with E-state index in [-0.39, 0.29) is 11.8 Å². The van der Waals surface area contributed by atoms with Crippen molar-refractivity contribution >= 4 is 51.5 Å². The molecule has 5 nitrogen and oxygen atoms in total. The van der Waals surface area contributed by atoms with E-state index in [1.165, 1.54) is 16.8 Å². The van der Waals surface area contributed by atoms with Gasteiger partial charge in [0.1, 0.15) is 4.32 Å². The van der Waals surface area contributed by atoms with Crippen LogP contribution in [0.25, 0.3) is 0 Å². The predicted octanol–water partition coefficient (Wildman–Crippen LogP) is 2.06. The van der Waals surface area contributed by atoms with Crippen molar-refractivity contribution in [2.24, 2.45) is 11.0 Å². The topological polar surface area (TPSA) is 61.8 Å². The minimum atomic E-state index is -0.528. The second kappa shape index (κ2) is 5.42. The van der Waals surface area contributed by atoms with E-state index in [1.54, 1.807) is 13.0 Å². The highest BCUT2D eigenvalue weighted by Gasteiger charge is 2.35. The van der Waals surface area contributed by atoms with Crippen molar-refractivity contribution in [3.63, 3.8) is 0 Å². The Bertz CT molecular complexity index is 697. The summed E-state index contributed by atoms with van der Waals surface area (Å²) in [7, 11) is 0. The van der Waals surface area contributed by atoms with Gasteiger partial charge in [0.15, 0.2) is 0 Å². The van der Waals surface area contributed by atoms with Crippen LogP contribution in [0.5, 0.6) is 0 Å². The third kappa shape index (κ3) is 2.62. The summed E-state index contributed by atoms with van der Waals surface area (Å²) in [5.41, 5.74) is 1.37. The maximum atomic E-state index is 12.5. The number of rotatable bonds is 2. The summed E-state index contributed by atoms with van der Waals surface area (Å²) in [6, 6.07) is 9.20. The third-order valence-electron chi connectivity index (χ3n) is 3.14. The zero-order valence-electron chi connectivity index (χ0n) is 11.1. The zero-order chi connectivity index (χ0) is 15.0. The number of carbonyl (C=O) groups is 2. The van der Waals surface area contributed by atoms with Gasteiger partial charge in [-0.3, -0.25) is 9.59 Å². The van der Waals surface area contributed by atoms with Gasteiger partial charge in [-0.15, -0.1) is 0 Å². The molecule has 3 rings (SSSR count). The molecule has 1 atom stereocenters. The molecule has 0 spiro atoms. The summed E-state index contributed by atoms with van der Waals surface area (Å²) < 4.78 is 0.409. The first-order valence-corrected chi connectivity index (χ1v) is 7.48. The van der Waals surface area contributed by atoms with Crippen LogP contribution in [0, 0.1) is 5.92 Å². The number of hydrogen-bond acceptors (Lipinski definition) is 5. The Morgan fingerprint density at radius 3 is 2.67 bits per heavy atom. The summed E-state index contributed by atoms with van der Waals surface area (Å²) in [6.07, 6.45) is 1.63. The van der Waals surface area contributed by atoms with Crippen LogP contribution < -0.4 is 10.3 Å². The predicted molar refractivity (Wildman–Crippen MR) is 86.9 cm³/mol. The summed E-state index contributed by atoms with van der Waals surface area (Å²) in [4.78, 5) is 24.6. The molecule has 2 aliphatic rings. The molecule has 7 heteroatoms. The normalized spacial score (nSPS) is 23.8. The van der Waals surface area contributed by atoms with Crippen LogP contribution >= 0.6 is 24.0 Å². The summed E-state index contributed by atoms with van der Waals surface area (Å²) in [5, 5.41) is 8.19. The molecule has 0 aromatic heterocycles. The highest BCUT2D eigenvalue weighted by molar-refractivity contribution is 8.26. The Hall–Kier alpha value is -1.99. The Balaban J connectivity index is 1.88. The van der Waals surface area contributed by atoms with Crippen LogP contribution in [0.4, 0.5) is 5.69 Å². The lowest BCUT2D eigenvalue weighted by molar-refractivity contribution is -0.118. The molecule has 1 aromatic carbocycles. The molecule has 0 radical (unpaired) electrons. The first-order valence-electron chi connectivity index (χ1n) is 6.25. The van der Waals surface area contributed by atoms with Crippen molar-refractivity contribution in [1.82, 2.24) is 5.32 Å². The van der Waals surface area contributed by atoms with Crippen LogP contribution in [-0.2, 0) is 9.59 Å². The number of nitrogens with zero attached hydrogens (tertiary/aromatic N) is 2. The summed E-state index contributed by atoms with van der Waals surface area (Å²) in [6.45, 7) is 1.78. The molecule has 0 saturated carbocycles. The van der Waals surface area contributed by atoms with Gasteiger partial charge in [-0.25, -0.2) is 0 Å². The van der Waals surface area contributed by atoms with E-state index >= 15 is 0 Å². The molecule has 21 heavy (non-hydrogen) atoms. The number of thiocarbonyl (C=S) groups is 1. The molecule has 2 amide bonds. The minimum Gasteiger partial charge on any atom is -0.307 e. The van der Waals surface area contributed by atoms with Crippen molar-refractivity contribution in [2.45, 2.75) is 6.92 Å². The Kier molecular flexibility index (Phi) is 3.60. The number of para-hydroxylation sites is 1. The lowest BCUT2D eigenvalue weighted by atomic mass is 10.0. The van der Waals surface area contributed by atoms with E-state index in [0.717, 1.165) is 0 Å². The van der Waals surface area contributed by atoms with Gasteiger partial charge in [0.25, 0.3) is 11.8 Å². The van der Waals surface area contributed by atoms with Crippen molar-refractivity contribution in [1.29, 1.82) is 0 Å². The van der Waals surface area contributed by atoms with Gasteiger partial charge in [0.2, 0.25) is 0 Å². The largest absolute Gasteiger partial charge is 0.307 e. The quantitative estimate of drug-likeness (QED) is 0.670. The maximum absolute atomic E-state index is 12.5. The van der Waals surface area contributed by atoms with Gasteiger partial charge in [0.05, 0.1) is 22.2 Å². The van der Waals surface area contributed by atoms with Crippen molar-refractivity contribution in [3.8, 4) is 0 Å². The van der Waals surface area contributed by atoms with E-state index in [0.29, 0.717) is 20.6 Å². The molecule has 2 aliphatic heterocycles. The van der Waals surface area contributed by atoms with Crippen molar-refractivity contribution in [3.05, 3.63) is 41.3 Å². The van der Waals surface area contributed by atoms with Crippen LogP contribution in [0.15, 0.2) is 46.4 Å². The van der Waals surface area contributed by atoms with Gasteiger partial charge in [-0.2, -0.15) is 10.1 Å². The molecule has 2 heterocycles. The molecule has 0 bridgehead atoms. The Morgan fingerprint density at radius 1 is 1.33 bits per heavy atom. The van der Waals surface area contributed by atoms with Gasteiger partial charge in [-0.1, -0.05) is 42.2 Å². The van der Waals surface area contributed by atoms with E-state index < -0.39 is 5.92 Å². The maximum Gasteiger partial charge on any atom is 0.263 e. The lowest BCUT2D eigenvalue weighted by Crippen LogP contribution is -2.26. The Morgan fingerprint density at radius 2 is 2.05 bits per heavy atom. The number of carbonyl (C=O) groups excluding carboxylic acids is 2. The average Bonchev–Trinajstić information content (AvgIpc) is 2.93. The number of anilines is 1. The van der Waals surface area contributed by atoms with E-state index in [9.17, 15) is 9.59 Å². The molecule has 0 unspecified atom stereocenters. The van der Waals surface area contributed by atoms with Crippen LogP contribution in [0.2, 0.25) is 0 Å². The molecule has 1 N–H and O–H groups in total. The molecular formula is C14H11N3O2S2. The Labute approximate surface area is 131 Å². The fourth-order valence-corrected chi connectivity index (χ4v) is 3.17. The molecule has 1 saturated heterocycles. The minimum absolute atomic E-state index is 0.169. The summed E-state index contributed by atoms with van der Waals surface area (Å²) >= 11 is 6.11. The van der Waals surface area contributed by atoms with E-state index in [4.69, 9.17) is 12.2 Å². The monoisotopic (exact) mass is 317 g/mol. The van der Waals surface area contributed by atoms with Crippen LogP contribution in [0.3, 0.4) is 0 Å². The zero-order valence-corrected chi connectivity index (χ0v) is 12.7. The van der Waals surface area contributed by atoms with Crippen molar-refractivity contribution in [2.75, 3.05) is 5.01 Å². The number of amides is 2. The lowest BCUT2D eigenvalue weighted by Gasteiger charge is -2.12. The van der Waals surface area contributed by atoms with Gasteiger partial charge in [-0.05, 0) is 25.1 Å². The van der Waals surface area contributed by atoms with Gasteiger partial charge in [0, 0.05) is 0 Å². The second-order valence-electron chi connectivity index (χ2n) is 4.58. The van der Waals surface area contributed by atoms with Gasteiger partial charge < -0.3 is 5.32 Å². The first-order chi connectivity index (χ1) is 10.1. The number of hydrogen-bond donors (Lipinski definition) is 1. The van der Waals surface area contributed by atoms with Crippen LogP contribution in [-0.4, -0.2) is 21.8 Å². The SMILES string of the molecule is CC1=NN(c2ccccc2)C(=O)[C@H]1/C=C1\SC(=S)NC1=O. The smallest absolute Gasteiger partial charge is 0.263 e. The fraction of sp³-hybridized carbons (Fsp3) is 0.143. The van der Waals surface area contributed by atoms with Gasteiger partial charge >= 0.3 is 0 Å². The molecular weight excluding hydrogens is 306 g/mol. The van der Waals surface area contributed by atoms with E-state index in [2.05, 4.69) is 10.4 Å². The highest BCUT2D eigenvalue weighted by Crippen LogP contribution is 2.29. The number of hydrazone groups is 1. The summed E-state index contributed by atoms with van der Waals surface area (Å²) in [5.74, 6) is -0.958. The molecule has 106 valence electrons.